The fourth-order valence-corrected chi connectivity index (χ4v) is 8.39. The minimum absolute atomic E-state index is 0.229. The number of ether oxygens (including phenoxy) is 2. The highest BCUT2D eigenvalue weighted by atomic mass is 32.1. The van der Waals surface area contributed by atoms with Crippen molar-refractivity contribution >= 4 is 45.7 Å². The molecule has 8 aromatic rings. The molecule has 6 heterocycles. The molecular formula is C48H46N8O4S2. The Morgan fingerprint density at radius 3 is 1.34 bits per heavy atom. The van der Waals surface area contributed by atoms with E-state index in [1.807, 2.05) is 84.9 Å². The van der Waals surface area contributed by atoms with Crippen LogP contribution in [0.3, 0.4) is 0 Å². The molecule has 0 radical (unpaired) electrons. The van der Waals surface area contributed by atoms with Gasteiger partial charge in [0.1, 0.15) is 45.7 Å². The van der Waals surface area contributed by atoms with E-state index in [1.165, 1.54) is 22.7 Å². The normalized spacial score (nSPS) is 13.2. The molecule has 2 unspecified atom stereocenters. The van der Waals surface area contributed by atoms with Gasteiger partial charge in [-0.1, -0.05) is 97.2 Å². The maximum absolute atomic E-state index is 11.5. The largest absolute Gasteiger partial charge is 0.444 e. The van der Waals surface area contributed by atoms with E-state index in [0.717, 1.165) is 55.5 Å². The van der Waals surface area contributed by atoms with Crippen LogP contribution in [0.2, 0.25) is 0 Å². The van der Waals surface area contributed by atoms with Crippen LogP contribution >= 0.6 is 22.7 Å². The van der Waals surface area contributed by atoms with Gasteiger partial charge in [-0.15, -0.1) is 0 Å². The third kappa shape index (κ3) is 10.1. The van der Waals surface area contributed by atoms with Crippen molar-refractivity contribution in [3.63, 3.8) is 0 Å². The molecule has 2 aromatic carbocycles. The van der Waals surface area contributed by atoms with Gasteiger partial charge in [0.25, 0.3) is 0 Å². The SMILES string of the molecule is CCc1nc(-c2ccccc2)c(Oc2ccnc(Nc3ccc(C(C)(O)CCC(C)(O)c4ccc(Nc5cc(Oc6sc(CC)nc6-c6ccccc6)ccn5)cn4)nc3)c2)s1. The number of nitrogens with one attached hydrogen (secondary N) is 2. The topological polar surface area (TPSA) is 160 Å². The fraction of sp³-hybridized carbons (Fsp3) is 0.208. The Morgan fingerprint density at radius 1 is 0.548 bits per heavy atom. The summed E-state index contributed by atoms with van der Waals surface area (Å²) in [5.41, 5.74) is 3.29. The third-order valence-corrected chi connectivity index (χ3v) is 12.3. The molecule has 14 heteroatoms. The number of pyridine rings is 4. The number of hydrogen-bond acceptors (Lipinski definition) is 14. The van der Waals surface area contributed by atoms with E-state index in [4.69, 9.17) is 19.4 Å². The van der Waals surface area contributed by atoms with E-state index < -0.39 is 11.2 Å². The molecule has 62 heavy (non-hydrogen) atoms. The average Bonchev–Trinajstić information content (AvgIpc) is 3.91. The van der Waals surface area contributed by atoms with Gasteiger partial charge >= 0.3 is 0 Å². The Morgan fingerprint density at radius 2 is 0.968 bits per heavy atom. The number of anilines is 4. The number of benzene rings is 2. The van der Waals surface area contributed by atoms with Crippen LogP contribution in [-0.4, -0.2) is 40.1 Å². The highest BCUT2D eigenvalue weighted by Crippen LogP contribution is 2.41. The number of aliphatic hydroxyl groups is 2. The number of hydrogen-bond donors (Lipinski definition) is 4. The van der Waals surface area contributed by atoms with Gasteiger partial charge in [-0.25, -0.2) is 19.9 Å². The molecule has 6 aromatic heterocycles. The predicted octanol–water partition coefficient (Wildman–Crippen LogP) is 11.6. The first-order valence-corrected chi connectivity index (χ1v) is 22.0. The molecule has 0 aliphatic carbocycles. The molecule has 0 spiro atoms. The van der Waals surface area contributed by atoms with Crippen molar-refractivity contribution in [1.29, 1.82) is 0 Å². The first-order valence-electron chi connectivity index (χ1n) is 20.3. The second-order valence-corrected chi connectivity index (χ2v) is 17.1. The summed E-state index contributed by atoms with van der Waals surface area (Å²) in [7, 11) is 0. The van der Waals surface area contributed by atoms with Crippen molar-refractivity contribution in [2.45, 2.75) is 64.6 Å². The molecule has 0 amide bonds. The first-order chi connectivity index (χ1) is 30.0. The van der Waals surface area contributed by atoms with Crippen molar-refractivity contribution in [3.8, 4) is 44.1 Å². The summed E-state index contributed by atoms with van der Waals surface area (Å²) in [6, 6.07) is 34.5. The molecule has 12 nitrogen and oxygen atoms in total. The molecular weight excluding hydrogens is 817 g/mol. The monoisotopic (exact) mass is 862 g/mol. The summed E-state index contributed by atoms with van der Waals surface area (Å²) in [4.78, 5) is 27.7. The van der Waals surface area contributed by atoms with Crippen LogP contribution in [0.1, 0.15) is 61.9 Å². The zero-order valence-corrected chi connectivity index (χ0v) is 36.4. The van der Waals surface area contributed by atoms with E-state index in [0.29, 0.717) is 45.9 Å². The summed E-state index contributed by atoms with van der Waals surface area (Å²) in [6.07, 6.45) is 8.74. The number of rotatable bonds is 17. The molecule has 0 aliphatic rings. The van der Waals surface area contributed by atoms with Gasteiger partial charge in [-0.3, -0.25) is 9.97 Å². The first kappa shape index (κ1) is 42.1. The number of thiazole rings is 2. The van der Waals surface area contributed by atoms with Crippen LogP contribution in [-0.2, 0) is 24.0 Å². The average molecular weight is 863 g/mol. The third-order valence-electron chi connectivity index (χ3n) is 10.1. The van der Waals surface area contributed by atoms with Gasteiger partial charge in [-0.05, 0) is 75.9 Å². The summed E-state index contributed by atoms with van der Waals surface area (Å²) >= 11 is 3.06. The Labute approximate surface area is 368 Å². The van der Waals surface area contributed by atoms with E-state index in [9.17, 15) is 10.2 Å². The molecule has 314 valence electrons. The van der Waals surface area contributed by atoms with Crippen molar-refractivity contribution in [2.75, 3.05) is 10.6 Å². The molecule has 0 fully saturated rings. The number of aryl methyl sites for hydroxylation is 2. The van der Waals surface area contributed by atoms with Gasteiger partial charge in [0.15, 0.2) is 0 Å². The molecule has 0 saturated carbocycles. The minimum atomic E-state index is -1.32. The van der Waals surface area contributed by atoms with Crippen LogP contribution in [0.4, 0.5) is 23.0 Å². The predicted molar refractivity (Wildman–Crippen MR) is 246 cm³/mol. The fourth-order valence-electron chi connectivity index (χ4n) is 6.61. The van der Waals surface area contributed by atoms with Gasteiger partial charge in [0, 0.05) is 35.7 Å². The van der Waals surface area contributed by atoms with Crippen molar-refractivity contribution in [3.05, 3.63) is 155 Å². The second kappa shape index (κ2) is 18.6. The van der Waals surface area contributed by atoms with Gasteiger partial charge in [-0.2, -0.15) is 0 Å². The Hall–Kier alpha value is -6.58. The molecule has 4 N–H and O–H groups in total. The zero-order valence-electron chi connectivity index (χ0n) is 34.7. The summed E-state index contributed by atoms with van der Waals surface area (Å²) in [5, 5.41) is 33.0. The van der Waals surface area contributed by atoms with Gasteiger partial charge in [0.05, 0.1) is 45.2 Å². The van der Waals surface area contributed by atoms with Gasteiger partial charge < -0.3 is 30.3 Å². The van der Waals surface area contributed by atoms with Gasteiger partial charge in [0.2, 0.25) is 10.1 Å². The number of aromatic nitrogens is 6. The smallest absolute Gasteiger partial charge is 0.208 e. The molecule has 0 aliphatic heterocycles. The van der Waals surface area contributed by atoms with Crippen molar-refractivity contribution < 1.29 is 19.7 Å². The maximum Gasteiger partial charge on any atom is 0.208 e. The van der Waals surface area contributed by atoms with Crippen LogP contribution < -0.4 is 20.1 Å². The quantitative estimate of drug-likeness (QED) is 0.0687. The zero-order chi connectivity index (χ0) is 43.1. The van der Waals surface area contributed by atoms with E-state index >= 15 is 0 Å². The molecule has 0 bridgehead atoms. The lowest BCUT2D eigenvalue weighted by molar-refractivity contribution is -0.0119. The standard InChI is InChI=1S/C48H46N8O4S2/c1-5-41-55-43(31-13-9-7-10-14-31)45(61-41)59-35-21-25-49-39(27-35)53-33-17-19-37(51-29-33)47(3,57)23-24-48(4,58)38-20-18-34(30-52-38)54-40-28-36(22-26-50-40)60-46-44(56-42(6-2)62-46)32-15-11-8-12-16-32/h7-22,25-30,57-58H,5-6,23-24H2,1-4H3,(H,49,53)(H,50,54). The minimum Gasteiger partial charge on any atom is -0.444 e. The van der Waals surface area contributed by atoms with Crippen LogP contribution in [0.25, 0.3) is 22.5 Å². The Kier molecular flexibility index (Phi) is 12.6. The Balaban J connectivity index is 0.863. The Bertz CT molecular complexity index is 2540. The maximum atomic E-state index is 11.5. The lowest BCUT2D eigenvalue weighted by Crippen LogP contribution is -2.29. The summed E-state index contributed by atoms with van der Waals surface area (Å²) < 4.78 is 12.7. The van der Waals surface area contributed by atoms with E-state index in [2.05, 4.69) is 44.4 Å². The highest BCUT2D eigenvalue weighted by molar-refractivity contribution is 7.14. The lowest BCUT2D eigenvalue weighted by Gasteiger charge is -2.29. The van der Waals surface area contributed by atoms with E-state index in [1.54, 1.807) is 62.9 Å². The molecule has 0 saturated heterocycles. The summed E-state index contributed by atoms with van der Waals surface area (Å²) in [5.74, 6) is 2.39. The van der Waals surface area contributed by atoms with Crippen LogP contribution in [0.5, 0.6) is 21.6 Å². The van der Waals surface area contributed by atoms with Crippen molar-refractivity contribution in [2.24, 2.45) is 0 Å². The second-order valence-electron chi connectivity index (χ2n) is 15.0. The van der Waals surface area contributed by atoms with Crippen molar-refractivity contribution in [1.82, 2.24) is 29.9 Å². The van der Waals surface area contributed by atoms with Crippen LogP contribution in [0.15, 0.2) is 134 Å². The number of nitrogens with zero attached hydrogens (tertiary/aromatic N) is 6. The summed E-state index contributed by atoms with van der Waals surface area (Å²) in [6.45, 7) is 7.54. The molecule has 2 atom stereocenters. The molecule has 8 rings (SSSR count). The van der Waals surface area contributed by atoms with Crippen LogP contribution in [0, 0.1) is 0 Å². The lowest BCUT2D eigenvalue weighted by atomic mass is 9.87. The van der Waals surface area contributed by atoms with E-state index in [-0.39, 0.29) is 12.8 Å². The highest BCUT2D eigenvalue weighted by Gasteiger charge is 2.32.